The SMILES string of the molecule is Cc1nc2ccccn2c1C(=O)NNC(=O)C(C)(C)C. The smallest absolute Gasteiger partial charge is 0.288 e. The van der Waals surface area contributed by atoms with E-state index in [-0.39, 0.29) is 11.8 Å². The van der Waals surface area contributed by atoms with E-state index in [0.717, 1.165) is 0 Å². The Kier molecular flexibility index (Phi) is 3.48. The number of imidazole rings is 1. The van der Waals surface area contributed by atoms with Gasteiger partial charge in [0.25, 0.3) is 5.91 Å². The van der Waals surface area contributed by atoms with Crippen LogP contribution >= 0.6 is 0 Å². The van der Waals surface area contributed by atoms with Crippen LogP contribution in [-0.2, 0) is 4.79 Å². The lowest BCUT2D eigenvalue weighted by atomic mass is 9.96. The van der Waals surface area contributed by atoms with Crippen LogP contribution in [0.5, 0.6) is 0 Å². The third kappa shape index (κ3) is 2.64. The van der Waals surface area contributed by atoms with E-state index in [9.17, 15) is 9.59 Å². The molecule has 0 unspecified atom stereocenters. The van der Waals surface area contributed by atoms with Crippen LogP contribution < -0.4 is 10.9 Å². The summed E-state index contributed by atoms with van der Waals surface area (Å²) >= 11 is 0. The molecule has 2 aromatic rings. The summed E-state index contributed by atoms with van der Waals surface area (Å²) in [6.07, 6.45) is 1.76. The van der Waals surface area contributed by atoms with E-state index in [0.29, 0.717) is 17.0 Å². The standard InChI is InChI=1S/C14H18N4O2/c1-9-11(18-8-6-5-7-10(18)15-9)12(19)16-17-13(20)14(2,3)4/h5-8H,1-4H3,(H,16,19)(H,17,20). The topological polar surface area (TPSA) is 75.5 Å². The number of rotatable bonds is 1. The van der Waals surface area contributed by atoms with Gasteiger partial charge in [0.1, 0.15) is 11.3 Å². The van der Waals surface area contributed by atoms with Crippen LogP contribution in [0.3, 0.4) is 0 Å². The van der Waals surface area contributed by atoms with Crippen LogP contribution in [0.1, 0.15) is 37.0 Å². The van der Waals surface area contributed by atoms with Crippen molar-refractivity contribution in [1.82, 2.24) is 20.2 Å². The van der Waals surface area contributed by atoms with Gasteiger partial charge < -0.3 is 0 Å². The molecule has 0 aliphatic heterocycles. The van der Waals surface area contributed by atoms with E-state index in [1.54, 1.807) is 38.3 Å². The third-order valence-corrected chi connectivity index (χ3v) is 2.89. The van der Waals surface area contributed by atoms with E-state index < -0.39 is 5.41 Å². The number of fused-ring (bicyclic) bond motifs is 1. The Hall–Kier alpha value is -2.37. The number of nitrogens with one attached hydrogen (secondary N) is 2. The number of amides is 2. The van der Waals surface area contributed by atoms with Crippen molar-refractivity contribution in [2.24, 2.45) is 5.41 Å². The predicted octanol–water partition coefficient (Wildman–Crippen LogP) is 1.45. The maximum absolute atomic E-state index is 12.2. The first-order valence-electron chi connectivity index (χ1n) is 6.35. The van der Waals surface area contributed by atoms with Gasteiger partial charge >= 0.3 is 0 Å². The van der Waals surface area contributed by atoms with E-state index in [1.165, 1.54) is 0 Å². The van der Waals surface area contributed by atoms with Crippen molar-refractivity contribution in [3.8, 4) is 0 Å². The van der Waals surface area contributed by atoms with Crippen molar-refractivity contribution in [3.05, 3.63) is 35.8 Å². The van der Waals surface area contributed by atoms with Gasteiger partial charge in [0, 0.05) is 11.6 Å². The lowest BCUT2D eigenvalue weighted by molar-refractivity contribution is -0.129. The zero-order chi connectivity index (χ0) is 14.9. The summed E-state index contributed by atoms with van der Waals surface area (Å²) in [5, 5.41) is 0. The molecule has 2 aromatic heterocycles. The molecule has 0 saturated heterocycles. The Labute approximate surface area is 117 Å². The molecule has 0 aliphatic carbocycles. The highest BCUT2D eigenvalue weighted by molar-refractivity contribution is 5.96. The van der Waals surface area contributed by atoms with Gasteiger partial charge in [-0.15, -0.1) is 0 Å². The molecular weight excluding hydrogens is 256 g/mol. The van der Waals surface area contributed by atoms with Gasteiger partial charge in [-0.05, 0) is 19.1 Å². The van der Waals surface area contributed by atoms with Crippen LogP contribution in [0.25, 0.3) is 5.65 Å². The number of pyridine rings is 1. The first kappa shape index (κ1) is 14.0. The fraction of sp³-hybridized carbons (Fsp3) is 0.357. The predicted molar refractivity (Wildman–Crippen MR) is 75.0 cm³/mol. The Morgan fingerprint density at radius 1 is 1.20 bits per heavy atom. The lowest BCUT2D eigenvalue weighted by Gasteiger charge is -2.17. The molecule has 20 heavy (non-hydrogen) atoms. The van der Waals surface area contributed by atoms with Gasteiger partial charge in [-0.3, -0.25) is 24.8 Å². The first-order valence-corrected chi connectivity index (χ1v) is 6.35. The summed E-state index contributed by atoms with van der Waals surface area (Å²) in [4.78, 5) is 28.2. The second-order valence-corrected chi connectivity index (χ2v) is 5.63. The summed E-state index contributed by atoms with van der Waals surface area (Å²) in [5.74, 6) is -0.642. The fourth-order valence-electron chi connectivity index (χ4n) is 1.75. The maximum atomic E-state index is 12.2. The minimum absolute atomic E-state index is 0.252. The van der Waals surface area contributed by atoms with Gasteiger partial charge in [0.15, 0.2) is 0 Å². The molecular formula is C14H18N4O2. The average Bonchev–Trinajstić information content (AvgIpc) is 2.70. The Morgan fingerprint density at radius 2 is 1.90 bits per heavy atom. The summed E-state index contributed by atoms with van der Waals surface area (Å²) in [6.45, 7) is 7.07. The van der Waals surface area contributed by atoms with Gasteiger partial charge in [-0.2, -0.15) is 0 Å². The Morgan fingerprint density at radius 3 is 2.55 bits per heavy atom. The summed E-state index contributed by atoms with van der Waals surface area (Å²) in [5.41, 5.74) is 5.99. The molecule has 2 heterocycles. The normalized spacial score (nSPS) is 11.4. The van der Waals surface area contributed by atoms with E-state index in [4.69, 9.17) is 0 Å². The fourth-order valence-corrected chi connectivity index (χ4v) is 1.75. The van der Waals surface area contributed by atoms with Gasteiger partial charge in [0.2, 0.25) is 5.91 Å². The quantitative estimate of drug-likeness (QED) is 0.773. The van der Waals surface area contributed by atoms with Crippen molar-refractivity contribution in [2.75, 3.05) is 0 Å². The highest BCUT2D eigenvalue weighted by Crippen LogP contribution is 2.13. The minimum Gasteiger partial charge on any atom is -0.295 e. The monoisotopic (exact) mass is 274 g/mol. The van der Waals surface area contributed by atoms with Gasteiger partial charge in [0.05, 0.1) is 5.69 Å². The van der Waals surface area contributed by atoms with Crippen LogP contribution in [0.15, 0.2) is 24.4 Å². The number of hydrogen-bond donors (Lipinski definition) is 2. The van der Waals surface area contributed by atoms with Gasteiger partial charge in [-0.1, -0.05) is 26.8 Å². The van der Waals surface area contributed by atoms with Crippen molar-refractivity contribution in [2.45, 2.75) is 27.7 Å². The van der Waals surface area contributed by atoms with Crippen LogP contribution in [-0.4, -0.2) is 21.2 Å². The molecule has 0 fully saturated rings. The molecule has 0 radical (unpaired) electrons. The van der Waals surface area contributed by atoms with Crippen LogP contribution in [0, 0.1) is 12.3 Å². The zero-order valence-electron chi connectivity index (χ0n) is 12.0. The molecule has 0 saturated carbocycles. The minimum atomic E-state index is -0.568. The number of nitrogens with zero attached hydrogens (tertiary/aromatic N) is 2. The first-order chi connectivity index (χ1) is 9.30. The highest BCUT2D eigenvalue weighted by Gasteiger charge is 2.23. The summed E-state index contributed by atoms with van der Waals surface area (Å²) < 4.78 is 1.69. The number of aromatic nitrogens is 2. The molecule has 6 heteroatoms. The molecule has 106 valence electrons. The maximum Gasteiger partial charge on any atom is 0.288 e. The van der Waals surface area contributed by atoms with Crippen LogP contribution in [0.2, 0.25) is 0 Å². The van der Waals surface area contributed by atoms with E-state index >= 15 is 0 Å². The molecule has 0 spiro atoms. The number of carbonyl (C=O) groups excluding carboxylic acids is 2. The van der Waals surface area contributed by atoms with E-state index in [1.807, 2.05) is 18.2 Å². The molecule has 2 N–H and O–H groups in total. The van der Waals surface area contributed by atoms with Crippen molar-refractivity contribution in [3.63, 3.8) is 0 Å². The Balaban J connectivity index is 2.20. The van der Waals surface area contributed by atoms with Crippen molar-refractivity contribution in [1.29, 1.82) is 0 Å². The lowest BCUT2D eigenvalue weighted by Crippen LogP contribution is -2.47. The summed E-state index contributed by atoms with van der Waals surface area (Å²) in [6, 6.07) is 5.49. The number of aryl methyl sites for hydroxylation is 1. The second kappa shape index (κ2) is 4.96. The zero-order valence-corrected chi connectivity index (χ0v) is 12.0. The summed E-state index contributed by atoms with van der Waals surface area (Å²) in [7, 11) is 0. The molecule has 0 aromatic carbocycles. The van der Waals surface area contributed by atoms with Crippen molar-refractivity contribution < 1.29 is 9.59 Å². The molecule has 6 nitrogen and oxygen atoms in total. The average molecular weight is 274 g/mol. The molecule has 0 aliphatic rings. The van der Waals surface area contributed by atoms with E-state index in [2.05, 4.69) is 15.8 Å². The number of carbonyl (C=O) groups is 2. The Bertz CT molecular complexity index is 667. The highest BCUT2D eigenvalue weighted by atomic mass is 16.2. The molecule has 2 amide bonds. The molecule has 0 atom stereocenters. The number of hydrogen-bond acceptors (Lipinski definition) is 3. The molecule has 2 rings (SSSR count). The molecule has 0 bridgehead atoms. The second-order valence-electron chi connectivity index (χ2n) is 5.63. The third-order valence-electron chi connectivity index (χ3n) is 2.89. The number of hydrazine groups is 1. The largest absolute Gasteiger partial charge is 0.295 e. The van der Waals surface area contributed by atoms with Gasteiger partial charge in [-0.25, -0.2) is 4.98 Å². The van der Waals surface area contributed by atoms with Crippen LogP contribution in [0.4, 0.5) is 0 Å². The van der Waals surface area contributed by atoms with Crippen molar-refractivity contribution >= 4 is 17.5 Å².